The highest BCUT2D eigenvalue weighted by Gasteiger charge is 2.10. The zero-order valence-corrected chi connectivity index (χ0v) is 8.08. The minimum atomic E-state index is 0.0424. The first-order valence-corrected chi connectivity index (χ1v) is 4.24. The van der Waals surface area contributed by atoms with E-state index in [0.717, 1.165) is 0 Å². The Morgan fingerprint density at radius 3 is 3.07 bits per heavy atom. The van der Waals surface area contributed by atoms with Crippen LogP contribution in [0.15, 0.2) is 18.2 Å². The number of hydrogen-bond donors (Lipinski definition) is 1. The van der Waals surface area contributed by atoms with Crippen LogP contribution < -0.4 is 9.28 Å². The Morgan fingerprint density at radius 1 is 1.57 bits per heavy atom. The van der Waals surface area contributed by atoms with E-state index in [1.165, 1.54) is 0 Å². The molecule has 0 amide bonds. The summed E-state index contributed by atoms with van der Waals surface area (Å²) < 4.78 is 5.56. The Kier molecular flexibility index (Phi) is 2.09. The summed E-state index contributed by atoms with van der Waals surface area (Å²) in [5, 5.41) is 2.37. The van der Waals surface area contributed by atoms with Crippen LogP contribution in [0.2, 0.25) is 5.28 Å². The molecule has 0 radical (unpaired) electrons. The maximum absolute atomic E-state index is 11.3. The largest absolute Gasteiger partial charge is 0.497 e. The minimum Gasteiger partial charge on any atom is -0.497 e. The van der Waals surface area contributed by atoms with Crippen LogP contribution >= 0.6 is 11.6 Å². The SMILES string of the molecule is COc1ccc2c(c1)nc(Cl)[nH][n+]2=O. The lowest BCUT2D eigenvalue weighted by Crippen LogP contribution is -2.21. The third-order valence-corrected chi connectivity index (χ3v) is 1.98. The molecule has 0 unspecified atom stereocenters. The van der Waals surface area contributed by atoms with Crippen molar-refractivity contribution in [2.75, 3.05) is 7.11 Å². The first kappa shape index (κ1) is 8.96. The van der Waals surface area contributed by atoms with Crippen molar-refractivity contribution in [3.05, 3.63) is 28.4 Å². The van der Waals surface area contributed by atoms with Crippen LogP contribution in [0.4, 0.5) is 0 Å². The van der Waals surface area contributed by atoms with Gasteiger partial charge in [0, 0.05) is 12.1 Å². The Balaban J connectivity index is 2.82. The fourth-order valence-electron chi connectivity index (χ4n) is 1.17. The third-order valence-electron chi connectivity index (χ3n) is 1.81. The van der Waals surface area contributed by atoms with Gasteiger partial charge in [0.15, 0.2) is 4.54 Å². The van der Waals surface area contributed by atoms with E-state index in [0.29, 0.717) is 21.3 Å². The van der Waals surface area contributed by atoms with Gasteiger partial charge in [-0.15, -0.1) is 0 Å². The topological polar surface area (TPSA) is 60.9 Å². The second-order valence-corrected chi connectivity index (χ2v) is 3.02. The molecule has 72 valence electrons. The highest BCUT2D eigenvalue weighted by atomic mass is 35.5. The standard InChI is InChI=1S/C8H7ClN3O2/c1-14-5-2-3-7-6(4-5)10-8(9)11-12(7)13/h2-4H,1H3,(H,10,11,13)/q+1. The van der Waals surface area contributed by atoms with Gasteiger partial charge in [0.25, 0.3) is 5.28 Å². The molecule has 6 heteroatoms. The van der Waals surface area contributed by atoms with Crippen molar-refractivity contribution in [3.63, 3.8) is 0 Å². The number of rotatable bonds is 1. The number of fused-ring (bicyclic) bond motifs is 1. The number of hydrogen-bond acceptors (Lipinski definition) is 3. The van der Waals surface area contributed by atoms with E-state index in [-0.39, 0.29) is 5.28 Å². The third kappa shape index (κ3) is 1.42. The normalized spacial score (nSPS) is 10.4. The van der Waals surface area contributed by atoms with E-state index in [9.17, 15) is 4.91 Å². The molecule has 2 aromatic rings. The Bertz CT molecular complexity index is 538. The minimum absolute atomic E-state index is 0.0424. The molecule has 1 aromatic carbocycles. The van der Waals surface area contributed by atoms with Gasteiger partial charge < -0.3 is 4.74 Å². The molecule has 0 atom stereocenters. The summed E-state index contributed by atoms with van der Waals surface area (Å²) in [6, 6.07) is 4.94. The number of nitrogens with one attached hydrogen (secondary N) is 1. The van der Waals surface area contributed by atoms with Crippen LogP contribution in [0, 0.1) is 4.91 Å². The number of nitrogens with zero attached hydrogens (tertiary/aromatic N) is 2. The Hall–Kier alpha value is -1.62. The number of aromatic amines is 1. The van der Waals surface area contributed by atoms with E-state index in [1.807, 2.05) is 0 Å². The lowest BCUT2D eigenvalue weighted by molar-refractivity contribution is -0.536. The monoisotopic (exact) mass is 212 g/mol. The van der Waals surface area contributed by atoms with Gasteiger partial charge >= 0.3 is 5.52 Å². The molecule has 1 N–H and O–H groups in total. The number of benzene rings is 1. The van der Waals surface area contributed by atoms with E-state index >= 15 is 0 Å². The maximum atomic E-state index is 11.3. The van der Waals surface area contributed by atoms with Crippen molar-refractivity contribution in [1.29, 1.82) is 0 Å². The molecule has 5 nitrogen and oxygen atoms in total. The molecular formula is C8H7ClN3O2+. The molecule has 2 rings (SSSR count). The van der Waals surface area contributed by atoms with E-state index in [2.05, 4.69) is 10.1 Å². The van der Waals surface area contributed by atoms with Gasteiger partial charge in [-0.3, -0.25) is 0 Å². The van der Waals surface area contributed by atoms with Crippen LogP contribution in [0.3, 0.4) is 0 Å². The molecule has 14 heavy (non-hydrogen) atoms. The van der Waals surface area contributed by atoms with Crippen molar-refractivity contribution in [2.24, 2.45) is 0 Å². The molecule has 1 heterocycles. The molecule has 0 aliphatic carbocycles. The van der Waals surface area contributed by atoms with Crippen LogP contribution in [-0.4, -0.2) is 17.2 Å². The highest BCUT2D eigenvalue weighted by Crippen LogP contribution is 2.16. The molecule has 0 fully saturated rings. The van der Waals surface area contributed by atoms with E-state index < -0.39 is 0 Å². The van der Waals surface area contributed by atoms with Gasteiger partial charge in [0.05, 0.1) is 12.0 Å². The number of H-pyrrole nitrogens is 1. The molecule has 0 aliphatic heterocycles. The first-order chi connectivity index (χ1) is 6.70. The van der Waals surface area contributed by atoms with Gasteiger partial charge in [-0.25, -0.2) is 4.98 Å². The van der Waals surface area contributed by atoms with Crippen molar-refractivity contribution in [3.8, 4) is 5.75 Å². The smallest absolute Gasteiger partial charge is 0.318 e. The Labute approximate surface area is 83.9 Å². The predicted octanol–water partition coefficient (Wildman–Crippen LogP) is 1.14. The van der Waals surface area contributed by atoms with Crippen LogP contribution in [-0.2, 0) is 0 Å². The average molecular weight is 213 g/mol. The van der Waals surface area contributed by atoms with Crippen LogP contribution in [0.1, 0.15) is 0 Å². The fraction of sp³-hybridized carbons (Fsp3) is 0.125. The number of ether oxygens (including phenoxy) is 1. The summed E-state index contributed by atoms with van der Waals surface area (Å²) in [5.41, 5.74) is 0.901. The zero-order valence-electron chi connectivity index (χ0n) is 7.32. The quantitative estimate of drug-likeness (QED) is 0.721. The number of halogens is 1. The predicted molar refractivity (Wildman–Crippen MR) is 51.0 cm³/mol. The van der Waals surface area contributed by atoms with Gasteiger partial charge in [0.2, 0.25) is 0 Å². The summed E-state index contributed by atoms with van der Waals surface area (Å²) in [6.07, 6.45) is 0. The molecule has 0 bridgehead atoms. The molecular weight excluding hydrogens is 206 g/mol. The first-order valence-electron chi connectivity index (χ1n) is 3.87. The van der Waals surface area contributed by atoms with Crippen molar-refractivity contribution < 1.29 is 9.28 Å². The maximum Gasteiger partial charge on any atom is 0.318 e. The number of methoxy groups -OCH3 is 1. The van der Waals surface area contributed by atoms with E-state index in [4.69, 9.17) is 16.3 Å². The average Bonchev–Trinajstić information content (AvgIpc) is 2.16. The number of aromatic nitrogens is 3. The van der Waals surface area contributed by atoms with Crippen molar-refractivity contribution in [2.45, 2.75) is 0 Å². The fourth-order valence-corrected chi connectivity index (χ4v) is 1.33. The molecule has 0 spiro atoms. The summed E-state index contributed by atoms with van der Waals surface area (Å²) in [6.45, 7) is 0. The van der Waals surface area contributed by atoms with Gasteiger partial charge in [-0.2, -0.15) is 0 Å². The summed E-state index contributed by atoms with van der Waals surface area (Å²) in [4.78, 5) is 15.2. The van der Waals surface area contributed by atoms with Crippen LogP contribution in [0.5, 0.6) is 5.75 Å². The van der Waals surface area contributed by atoms with Gasteiger partial charge in [0.1, 0.15) is 11.3 Å². The van der Waals surface area contributed by atoms with Crippen molar-refractivity contribution >= 4 is 22.6 Å². The molecule has 0 saturated carbocycles. The second kappa shape index (κ2) is 3.26. The highest BCUT2D eigenvalue weighted by molar-refractivity contribution is 6.28. The zero-order chi connectivity index (χ0) is 10.1. The molecule has 0 saturated heterocycles. The van der Waals surface area contributed by atoms with Gasteiger partial charge in [-0.1, -0.05) is 5.10 Å². The summed E-state index contributed by atoms with van der Waals surface area (Å²) >= 11 is 5.59. The summed E-state index contributed by atoms with van der Waals surface area (Å²) in [5.74, 6) is 0.632. The lowest BCUT2D eigenvalue weighted by atomic mass is 10.3. The second-order valence-electron chi connectivity index (χ2n) is 2.66. The van der Waals surface area contributed by atoms with Crippen molar-refractivity contribution in [1.82, 2.24) is 10.1 Å². The van der Waals surface area contributed by atoms with Gasteiger partial charge in [-0.05, 0) is 17.7 Å². The summed E-state index contributed by atoms with van der Waals surface area (Å²) in [7, 11) is 1.54. The van der Waals surface area contributed by atoms with E-state index in [1.54, 1.807) is 25.3 Å². The lowest BCUT2D eigenvalue weighted by Gasteiger charge is -1.96. The molecule has 1 aromatic heterocycles. The Morgan fingerprint density at radius 2 is 2.36 bits per heavy atom. The molecule has 0 aliphatic rings. The van der Waals surface area contributed by atoms with Crippen LogP contribution in [0.25, 0.3) is 11.0 Å².